The smallest absolute Gasteiger partial charge is 0.289 e. The monoisotopic (exact) mass is 283 g/mol. The lowest BCUT2D eigenvalue weighted by Crippen LogP contribution is -2.47. The Hall–Kier alpha value is -1.66. The number of hydrogen-bond donors (Lipinski definition) is 2. The van der Waals surface area contributed by atoms with Gasteiger partial charge in [-0.25, -0.2) is 0 Å². The Bertz CT molecular complexity index is 527. The summed E-state index contributed by atoms with van der Waals surface area (Å²) in [5.74, 6) is -0.193. The highest BCUT2D eigenvalue weighted by Crippen LogP contribution is 2.28. The zero-order valence-electron chi connectivity index (χ0n) is 10.4. The molecule has 1 aromatic carbocycles. The molecule has 1 fully saturated rings. The number of carbonyl (C=O) groups is 1. The fourth-order valence-electron chi connectivity index (χ4n) is 2.09. The molecule has 1 aliphatic rings. The van der Waals surface area contributed by atoms with E-state index in [4.69, 9.17) is 11.6 Å². The quantitative estimate of drug-likeness (QED) is 0.659. The van der Waals surface area contributed by atoms with Crippen molar-refractivity contribution in [3.8, 4) is 0 Å². The second-order valence-corrected chi connectivity index (χ2v) is 5.15. The summed E-state index contributed by atoms with van der Waals surface area (Å²) in [5.41, 5.74) is -0.464. The Kier molecular flexibility index (Phi) is 3.73. The van der Waals surface area contributed by atoms with Gasteiger partial charge in [0.2, 0.25) is 5.91 Å². The molecule has 7 heteroatoms. The van der Waals surface area contributed by atoms with Crippen LogP contribution in [0.4, 0.5) is 11.4 Å². The van der Waals surface area contributed by atoms with Gasteiger partial charge in [0.05, 0.1) is 10.5 Å². The number of nitro groups is 1. The van der Waals surface area contributed by atoms with Crippen LogP contribution in [0.1, 0.15) is 19.8 Å². The van der Waals surface area contributed by atoms with Crippen molar-refractivity contribution in [2.45, 2.75) is 25.3 Å². The van der Waals surface area contributed by atoms with Crippen LogP contribution in [0.3, 0.4) is 0 Å². The van der Waals surface area contributed by atoms with Crippen LogP contribution >= 0.6 is 11.6 Å². The van der Waals surface area contributed by atoms with Gasteiger partial charge in [0.1, 0.15) is 5.02 Å². The van der Waals surface area contributed by atoms with Crippen LogP contribution in [0, 0.1) is 10.1 Å². The van der Waals surface area contributed by atoms with E-state index < -0.39 is 10.5 Å². The fourth-order valence-corrected chi connectivity index (χ4v) is 2.27. The van der Waals surface area contributed by atoms with Gasteiger partial charge in [-0.2, -0.15) is 0 Å². The number of hydrogen-bond acceptors (Lipinski definition) is 4. The molecule has 1 aliphatic heterocycles. The Labute approximate surface area is 115 Å². The SMILES string of the molecule is CC1(C(=O)Nc2ccc(Cl)c([N+](=O)[O-])c2)CCCN1. The minimum atomic E-state index is -0.617. The zero-order chi connectivity index (χ0) is 14.0. The molecule has 1 aromatic rings. The highest BCUT2D eigenvalue weighted by Gasteiger charge is 2.36. The Morgan fingerprint density at radius 2 is 2.32 bits per heavy atom. The maximum Gasteiger partial charge on any atom is 0.289 e. The van der Waals surface area contributed by atoms with Crippen LogP contribution in [0.15, 0.2) is 18.2 Å². The third-order valence-corrected chi connectivity index (χ3v) is 3.59. The van der Waals surface area contributed by atoms with Crippen LogP contribution < -0.4 is 10.6 Å². The number of nitro benzene ring substituents is 1. The van der Waals surface area contributed by atoms with Crippen LogP contribution in [-0.4, -0.2) is 22.9 Å². The summed E-state index contributed by atoms with van der Waals surface area (Å²) in [4.78, 5) is 22.3. The molecule has 1 unspecified atom stereocenters. The van der Waals surface area contributed by atoms with Crippen LogP contribution in [-0.2, 0) is 4.79 Å². The summed E-state index contributed by atoms with van der Waals surface area (Å²) in [7, 11) is 0. The normalized spacial score (nSPS) is 22.2. The average molecular weight is 284 g/mol. The number of carbonyl (C=O) groups excluding carboxylic acids is 1. The maximum absolute atomic E-state index is 12.1. The second-order valence-electron chi connectivity index (χ2n) is 4.74. The zero-order valence-corrected chi connectivity index (χ0v) is 11.2. The third kappa shape index (κ3) is 2.85. The molecule has 6 nitrogen and oxygen atoms in total. The van der Waals surface area contributed by atoms with Gasteiger partial charge in [-0.05, 0) is 38.4 Å². The Balaban J connectivity index is 2.17. The van der Waals surface area contributed by atoms with Crippen LogP contribution in [0.2, 0.25) is 5.02 Å². The van der Waals surface area contributed by atoms with E-state index in [0.29, 0.717) is 5.69 Å². The van der Waals surface area contributed by atoms with Crippen molar-refractivity contribution in [1.82, 2.24) is 5.32 Å². The Morgan fingerprint density at radius 3 is 2.89 bits per heavy atom. The molecule has 0 saturated carbocycles. The van der Waals surface area contributed by atoms with E-state index in [9.17, 15) is 14.9 Å². The molecule has 0 radical (unpaired) electrons. The summed E-state index contributed by atoms with van der Waals surface area (Å²) in [5, 5.41) is 16.6. The molecule has 0 aromatic heterocycles. The number of benzene rings is 1. The predicted octanol–water partition coefficient (Wildman–Crippen LogP) is 2.33. The van der Waals surface area contributed by atoms with Crippen LogP contribution in [0.5, 0.6) is 0 Å². The molecule has 1 atom stereocenters. The van der Waals surface area contributed by atoms with Crippen molar-refractivity contribution in [3.05, 3.63) is 33.3 Å². The summed E-state index contributed by atoms with van der Waals surface area (Å²) in [6, 6.07) is 4.21. The standard InChI is InChI=1S/C12H14ClN3O3/c1-12(5-2-6-14-12)11(17)15-8-3-4-9(13)10(7-8)16(18)19/h3-4,7,14H,2,5-6H2,1H3,(H,15,17). The first kappa shape index (κ1) is 13.8. The summed E-state index contributed by atoms with van der Waals surface area (Å²) >= 11 is 5.72. The van der Waals surface area contributed by atoms with Gasteiger partial charge in [0.25, 0.3) is 5.69 Å². The van der Waals surface area contributed by atoms with Crippen molar-refractivity contribution >= 4 is 28.9 Å². The first-order valence-electron chi connectivity index (χ1n) is 5.93. The number of nitrogens with one attached hydrogen (secondary N) is 2. The molecular formula is C12H14ClN3O3. The largest absolute Gasteiger partial charge is 0.324 e. The topological polar surface area (TPSA) is 84.3 Å². The van der Waals surface area contributed by atoms with Crippen LogP contribution in [0.25, 0.3) is 0 Å². The van der Waals surface area contributed by atoms with Crippen molar-refractivity contribution in [3.63, 3.8) is 0 Å². The number of halogens is 1. The number of anilines is 1. The first-order valence-corrected chi connectivity index (χ1v) is 6.30. The summed E-state index contributed by atoms with van der Waals surface area (Å²) in [6.07, 6.45) is 1.68. The molecule has 2 N–H and O–H groups in total. The molecule has 0 spiro atoms. The average Bonchev–Trinajstić information content (AvgIpc) is 2.79. The number of amides is 1. The molecule has 1 heterocycles. The summed E-state index contributed by atoms with van der Waals surface area (Å²) < 4.78 is 0. The molecule has 19 heavy (non-hydrogen) atoms. The molecule has 0 bridgehead atoms. The third-order valence-electron chi connectivity index (χ3n) is 3.27. The molecule has 1 saturated heterocycles. The second kappa shape index (κ2) is 5.14. The molecule has 2 rings (SSSR count). The van der Waals surface area contributed by atoms with Crippen molar-refractivity contribution < 1.29 is 9.72 Å². The number of rotatable bonds is 3. The van der Waals surface area contributed by atoms with E-state index in [2.05, 4.69) is 10.6 Å². The highest BCUT2D eigenvalue weighted by atomic mass is 35.5. The van der Waals surface area contributed by atoms with Gasteiger partial charge in [-0.1, -0.05) is 11.6 Å². The van der Waals surface area contributed by atoms with Gasteiger partial charge in [-0.3, -0.25) is 14.9 Å². The Morgan fingerprint density at radius 1 is 1.58 bits per heavy atom. The maximum atomic E-state index is 12.1. The molecule has 1 amide bonds. The van der Waals surface area contributed by atoms with Gasteiger partial charge in [0.15, 0.2) is 0 Å². The van der Waals surface area contributed by atoms with Gasteiger partial charge < -0.3 is 10.6 Å². The van der Waals surface area contributed by atoms with E-state index in [-0.39, 0.29) is 16.6 Å². The van der Waals surface area contributed by atoms with E-state index in [1.807, 2.05) is 6.92 Å². The molecule has 0 aliphatic carbocycles. The summed E-state index contributed by atoms with van der Waals surface area (Å²) in [6.45, 7) is 2.62. The van der Waals surface area contributed by atoms with E-state index in [1.54, 1.807) is 6.07 Å². The lowest BCUT2D eigenvalue weighted by Gasteiger charge is -2.22. The van der Waals surface area contributed by atoms with E-state index in [0.717, 1.165) is 19.4 Å². The van der Waals surface area contributed by atoms with Gasteiger partial charge in [-0.15, -0.1) is 0 Å². The molecular weight excluding hydrogens is 270 g/mol. The lowest BCUT2D eigenvalue weighted by atomic mass is 9.99. The van der Waals surface area contributed by atoms with Gasteiger partial charge >= 0.3 is 0 Å². The van der Waals surface area contributed by atoms with E-state index in [1.165, 1.54) is 12.1 Å². The lowest BCUT2D eigenvalue weighted by molar-refractivity contribution is -0.384. The minimum absolute atomic E-state index is 0.0493. The van der Waals surface area contributed by atoms with Gasteiger partial charge in [0, 0.05) is 11.8 Å². The van der Waals surface area contributed by atoms with Crippen molar-refractivity contribution in [2.75, 3.05) is 11.9 Å². The first-order chi connectivity index (χ1) is 8.92. The number of nitrogens with zero attached hydrogens (tertiary/aromatic N) is 1. The van der Waals surface area contributed by atoms with Crippen molar-refractivity contribution in [2.24, 2.45) is 0 Å². The molecule has 102 valence electrons. The predicted molar refractivity (Wildman–Crippen MR) is 72.4 cm³/mol. The van der Waals surface area contributed by atoms with Crippen molar-refractivity contribution in [1.29, 1.82) is 0 Å². The van der Waals surface area contributed by atoms with E-state index >= 15 is 0 Å². The minimum Gasteiger partial charge on any atom is -0.324 e. The fraction of sp³-hybridized carbons (Fsp3) is 0.417. The highest BCUT2D eigenvalue weighted by molar-refractivity contribution is 6.32.